The van der Waals surface area contributed by atoms with Gasteiger partial charge in [-0.1, -0.05) is 19.1 Å². The van der Waals surface area contributed by atoms with Crippen LogP contribution in [0.15, 0.2) is 34.9 Å². The third-order valence-corrected chi connectivity index (χ3v) is 3.25. The molecule has 0 amide bonds. The van der Waals surface area contributed by atoms with Gasteiger partial charge >= 0.3 is 0 Å². The smallest absolute Gasteiger partial charge is 0.211 e. The second kappa shape index (κ2) is 5.64. The lowest BCUT2D eigenvalue weighted by atomic mass is 10.2. The fraction of sp³-hybridized carbons (Fsp3) is 0.308. The predicted octanol–water partition coefficient (Wildman–Crippen LogP) is 3.62. The Labute approximate surface area is 115 Å². The second-order valence-electron chi connectivity index (χ2n) is 3.85. The zero-order chi connectivity index (χ0) is 12.3. The third-order valence-electron chi connectivity index (χ3n) is 2.53. The zero-order valence-electron chi connectivity index (χ0n) is 9.90. The monoisotopic (exact) mass is 342 g/mol. The van der Waals surface area contributed by atoms with Crippen LogP contribution in [0, 0.1) is 3.57 Å². The number of nitrogens with one attached hydrogen (secondary N) is 1. The van der Waals surface area contributed by atoms with Gasteiger partial charge in [0.1, 0.15) is 0 Å². The van der Waals surface area contributed by atoms with Gasteiger partial charge in [-0.2, -0.15) is 0 Å². The number of benzene rings is 1. The Bertz CT molecular complexity index is 478. The van der Waals surface area contributed by atoms with E-state index in [1.165, 1.54) is 3.57 Å². The van der Waals surface area contributed by atoms with E-state index in [0.717, 1.165) is 23.8 Å². The van der Waals surface area contributed by atoms with Crippen molar-refractivity contribution < 1.29 is 4.42 Å². The summed E-state index contributed by atoms with van der Waals surface area (Å²) >= 11 is 2.29. The summed E-state index contributed by atoms with van der Waals surface area (Å²) in [5.74, 6) is 1.56. The van der Waals surface area contributed by atoms with Crippen molar-refractivity contribution in [1.82, 2.24) is 10.3 Å². The Morgan fingerprint density at radius 3 is 2.71 bits per heavy atom. The van der Waals surface area contributed by atoms with Crippen molar-refractivity contribution in [1.29, 1.82) is 0 Å². The van der Waals surface area contributed by atoms with Crippen LogP contribution < -0.4 is 5.32 Å². The number of hydrogen-bond donors (Lipinski definition) is 1. The van der Waals surface area contributed by atoms with Crippen molar-refractivity contribution in [2.45, 2.75) is 19.9 Å². The maximum absolute atomic E-state index is 5.75. The molecule has 90 valence electrons. The average molecular weight is 342 g/mol. The lowest BCUT2D eigenvalue weighted by Crippen LogP contribution is -2.17. The van der Waals surface area contributed by atoms with E-state index in [9.17, 15) is 0 Å². The molecule has 0 saturated carbocycles. The van der Waals surface area contributed by atoms with Crippen molar-refractivity contribution >= 4 is 22.6 Å². The predicted molar refractivity (Wildman–Crippen MR) is 76.7 cm³/mol. The standard InChI is InChI=1S/C13H15IN2O/c1-3-15-9(2)13-16-8-12(17-13)10-4-6-11(14)7-5-10/h4-9,15H,3H2,1-2H3. The van der Waals surface area contributed by atoms with E-state index in [-0.39, 0.29) is 6.04 Å². The van der Waals surface area contributed by atoms with E-state index in [0.29, 0.717) is 0 Å². The first-order valence-electron chi connectivity index (χ1n) is 5.65. The van der Waals surface area contributed by atoms with E-state index < -0.39 is 0 Å². The van der Waals surface area contributed by atoms with Crippen molar-refractivity contribution in [2.75, 3.05) is 6.54 Å². The molecule has 1 aromatic heterocycles. The van der Waals surface area contributed by atoms with Crippen LogP contribution >= 0.6 is 22.6 Å². The molecular formula is C13H15IN2O. The van der Waals surface area contributed by atoms with Crippen LogP contribution in [0.5, 0.6) is 0 Å². The van der Waals surface area contributed by atoms with Gasteiger partial charge in [0.05, 0.1) is 12.2 Å². The van der Waals surface area contributed by atoms with Crippen LogP contribution in [0.2, 0.25) is 0 Å². The van der Waals surface area contributed by atoms with Gasteiger partial charge in [-0.15, -0.1) is 0 Å². The molecule has 1 aromatic carbocycles. The van der Waals surface area contributed by atoms with Crippen LogP contribution in [-0.2, 0) is 0 Å². The lowest BCUT2D eigenvalue weighted by molar-refractivity contribution is 0.429. The van der Waals surface area contributed by atoms with Crippen LogP contribution in [-0.4, -0.2) is 11.5 Å². The third kappa shape index (κ3) is 3.07. The SMILES string of the molecule is CCNC(C)c1ncc(-c2ccc(I)cc2)o1. The molecule has 1 unspecified atom stereocenters. The Hall–Kier alpha value is -0.880. The molecule has 1 heterocycles. The molecule has 0 fully saturated rings. The molecule has 4 heteroatoms. The molecular weight excluding hydrogens is 327 g/mol. The first kappa shape index (κ1) is 12.6. The number of aromatic nitrogens is 1. The summed E-state index contributed by atoms with van der Waals surface area (Å²) < 4.78 is 6.96. The van der Waals surface area contributed by atoms with Crippen LogP contribution in [0.25, 0.3) is 11.3 Å². The van der Waals surface area contributed by atoms with Gasteiger partial charge < -0.3 is 9.73 Å². The molecule has 17 heavy (non-hydrogen) atoms. The molecule has 0 aliphatic carbocycles. The van der Waals surface area contributed by atoms with E-state index in [2.05, 4.69) is 51.9 Å². The summed E-state index contributed by atoms with van der Waals surface area (Å²) in [6, 6.07) is 8.36. The molecule has 3 nitrogen and oxygen atoms in total. The summed E-state index contributed by atoms with van der Waals surface area (Å²) in [5.41, 5.74) is 1.06. The van der Waals surface area contributed by atoms with E-state index in [1.807, 2.05) is 19.1 Å². The van der Waals surface area contributed by atoms with Crippen molar-refractivity contribution in [3.63, 3.8) is 0 Å². The number of rotatable bonds is 4. The van der Waals surface area contributed by atoms with Crippen molar-refractivity contribution in [3.8, 4) is 11.3 Å². The molecule has 2 rings (SSSR count). The summed E-state index contributed by atoms with van der Waals surface area (Å²) in [4.78, 5) is 4.30. The highest BCUT2D eigenvalue weighted by molar-refractivity contribution is 14.1. The number of halogens is 1. The molecule has 0 bridgehead atoms. The highest BCUT2D eigenvalue weighted by Gasteiger charge is 2.11. The summed E-state index contributed by atoms with van der Waals surface area (Å²) in [5, 5.41) is 3.28. The highest BCUT2D eigenvalue weighted by atomic mass is 127. The Morgan fingerprint density at radius 2 is 2.06 bits per heavy atom. The molecule has 0 spiro atoms. The van der Waals surface area contributed by atoms with Crippen molar-refractivity contribution in [3.05, 3.63) is 39.9 Å². The number of oxazole rings is 1. The minimum absolute atomic E-state index is 0.151. The van der Waals surface area contributed by atoms with Gasteiger partial charge in [-0.25, -0.2) is 4.98 Å². The van der Waals surface area contributed by atoms with Gasteiger partial charge in [0.2, 0.25) is 5.89 Å². The van der Waals surface area contributed by atoms with E-state index in [4.69, 9.17) is 4.42 Å². The van der Waals surface area contributed by atoms with Gasteiger partial charge in [-0.3, -0.25) is 0 Å². The maximum Gasteiger partial charge on any atom is 0.211 e. The fourth-order valence-corrected chi connectivity index (χ4v) is 1.99. The molecule has 1 N–H and O–H groups in total. The van der Waals surface area contributed by atoms with Crippen molar-refractivity contribution in [2.24, 2.45) is 0 Å². The molecule has 0 saturated heterocycles. The maximum atomic E-state index is 5.75. The quantitative estimate of drug-likeness (QED) is 0.863. The topological polar surface area (TPSA) is 38.1 Å². The van der Waals surface area contributed by atoms with Crippen LogP contribution in [0.4, 0.5) is 0 Å². The number of hydrogen-bond acceptors (Lipinski definition) is 3. The summed E-state index contributed by atoms with van der Waals surface area (Å²) in [7, 11) is 0. The number of nitrogens with zero attached hydrogens (tertiary/aromatic N) is 1. The first-order chi connectivity index (χ1) is 8.20. The lowest BCUT2D eigenvalue weighted by Gasteiger charge is -2.06. The van der Waals surface area contributed by atoms with Gasteiger partial charge in [0.15, 0.2) is 5.76 Å². The zero-order valence-corrected chi connectivity index (χ0v) is 12.1. The normalized spacial score (nSPS) is 12.6. The summed E-state index contributed by atoms with van der Waals surface area (Å²) in [6.07, 6.45) is 1.78. The summed E-state index contributed by atoms with van der Waals surface area (Å²) in [6.45, 7) is 5.02. The van der Waals surface area contributed by atoms with Crippen LogP contribution in [0.3, 0.4) is 0 Å². The minimum Gasteiger partial charge on any atom is -0.439 e. The molecule has 2 aromatic rings. The average Bonchev–Trinajstić information content (AvgIpc) is 2.80. The fourth-order valence-electron chi connectivity index (χ4n) is 1.63. The highest BCUT2D eigenvalue weighted by Crippen LogP contribution is 2.23. The van der Waals surface area contributed by atoms with Crippen LogP contribution in [0.1, 0.15) is 25.8 Å². The van der Waals surface area contributed by atoms with Gasteiger partial charge in [-0.05, 0) is 48.2 Å². The Kier molecular flexibility index (Phi) is 4.17. The Balaban J connectivity index is 2.20. The van der Waals surface area contributed by atoms with Gasteiger partial charge in [0, 0.05) is 9.13 Å². The Morgan fingerprint density at radius 1 is 1.35 bits per heavy atom. The molecule has 1 atom stereocenters. The molecule has 0 aliphatic heterocycles. The largest absolute Gasteiger partial charge is 0.439 e. The van der Waals surface area contributed by atoms with Gasteiger partial charge in [0.25, 0.3) is 0 Å². The van der Waals surface area contributed by atoms with E-state index in [1.54, 1.807) is 6.20 Å². The minimum atomic E-state index is 0.151. The second-order valence-corrected chi connectivity index (χ2v) is 5.09. The molecule has 0 radical (unpaired) electrons. The first-order valence-corrected chi connectivity index (χ1v) is 6.73. The molecule has 0 aliphatic rings. The van der Waals surface area contributed by atoms with E-state index >= 15 is 0 Å².